The Morgan fingerprint density at radius 1 is 1.15 bits per heavy atom. The third-order valence-corrected chi connectivity index (χ3v) is 3.75. The van der Waals surface area contributed by atoms with Crippen molar-refractivity contribution >= 4 is 43.5 Å². The van der Waals surface area contributed by atoms with E-state index >= 15 is 0 Å². The lowest BCUT2D eigenvalue weighted by atomic mass is 10.2. The molecule has 104 valence electrons. The summed E-state index contributed by atoms with van der Waals surface area (Å²) < 4.78 is 7.18. The molecule has 2 aromatic rings. The molecule has 3 nitrogen and oxygen atoms in total. The first-order valence-electron chi connectivity index (χ1n) is 5.99. The van der Waals surface area contributed by atoms with Crippen LogP contribution < -0.4 is 10.1 Å². The van der Waals surface area contributed by atoms with E-state index in [4.69, 9.17) is 4.74 Å². The SMILES string of the molecule is Cc1ccc(OCC(=O)Nc2ccc(Br)cc2Br)cc1. The molecule has 0 unspecified atom stereocenters. The lowest BCUT2D eigenvalue weighted by Crippen LogP contribution is -2.20. The predicted molar refractivity (Wildman–Crippen MR) is 87.1 cm³/mol. The maximum absolute atomic E-state index is 11.8. The number of hydrogen-bond acceptors (Lipinski definition) is 2. The molecule has 0 saturated heterocycles. The van der Waals surface area contributed by atoms with Gasteiger partial charge in [-0.15, -0.1) is 0 Å². The first kappa shape index (κ1) is 15.1. The Kier molecular flexibility index (Phi) is 5.20. The van der Waals surface area contributed by atoms with Crippen LogP contribution in [0, 0.1) is 6.92 Å². The van der Waals surface area contributed by atoms with Gasteiger partial charge in [-0.2, -0.15) is 0 Å². The van der Waals surface area contributed by atoms with Gasteiger partial charge in [-0.3, -0.25) is 4.79 Å². The van der Waals surface area contributed by atoms with Crippen LogP contribution in [-0.4, -0.2) is 12.5 Å². The number of rotatable bonds is 4. The number of anilines is 1. The topological polar surface area (TPSA) is 38.3 Å². The van der Waals surface area contributed by atoms with Gasteiger partial charge in [0, 0.05) is 8.95 Å². The summed E-state index contributed by atoms with van der Waals surface area (Å²) in [5, 5.41) is 2.79. The summed E-state index contributed by atoms with van der Waals surface area (Å²) in [4.78, 5) is 11.8. The quantitative estimate of drug-likeness (QED) is 0.821. The molecule has 0 spiro atoms. The van der Waals surface area contributed by atoms with Crippen molar-refractivity contribution in [1.82, 2.24) is 0 Å². The van der Waals surface area contributed by atoms with E-state index in [2.05, 4.69) is 37.2 Å². The third kappa shape index (κ3) is 4.35. The molecule has 0 atom stereocenters. The second-order valence-corrected chi connectivity index (χ2v) is 6.04. The molecule has 5 heteroatoms. The van der Waals surface area contributed by atoms with E-state index in [1.54, 1.807) is 0 Å². The van der Waals surface area contributed by atoms with Gasteiger partial charge in [-0.05, 0) is 53.2 Å². The van der Waals surface area contributed by atoms with Crippen LogP contribution in [0.25, 0.3) is 0 Å². The van der Waals surface area contributed by atoms with Gasteiger partial charge in [-0.1, -0.05) is 33.6 Å². The van der Waals surface area contributed by atoms with Crippen LogP contribution in [-0.2, 0) is 4.79 Å². The van der Waals surface area contributed by atoms with Crippen molar-refractivity contribution in [3.8, 4) is 5.75 Å². The number of aryl methyl sites for hydroxylation is 1. The molecule has 0 aliphatic rings. The largest absolute Gasteiger partial charge is 0.484 e. The molecule has 0 saturated carbocycles. The summed E-state index contributed by atoms with van der Waals surface area (Å²) in [6, 6.07) is 13.1. The van der Waals surface area contributed by atoms with Crippen molar-refractivity contribution in [3.05, 3.63) is 57.0 Å². The Hall–Kier alpha value is -1.33. The second kappa shape index (κ2) is 6.90. The van der Waals surface area contributed by atoms with E-state index in [1.165, 1.54) is 0 Å². The van der Waals surface area contributed by atoms with Crippen LogP contribution in [0.5, 0.6) is 5.75 Å². The molecule has 0 bridgehead atoms. The summed E-state index contributed by atoms with van der Waals surface area (Å²) in [6.45, 7) is 1.98. The highest BCUT2D eigenvalue weighted by Crippen LogP contribution is 2.26. The zero-order chi connectivity index (χ0) is 14.5. The van der Waals surface area contributed by atoms with E-state index in [-0.39, 0.29) is 12.5 Å². The molecular weight excluding hydrogens is 386 g/mol. The van der Waals surface area contributed by atoms with E-state index in [9.17, 15) is 4.79 Å². The summed E-state index contributed by atoms with van der Waals surface area (Å²) in [5.74, 6) is 0.481. The van der Waals surface area contributed by atoms with E-state index in [0.29, 0.717) is 11.4 Å². The second-order valence-electron chi connectivity index (χ2n) is 4.27. The number of carbonyl (C=O) groups is 1. The fourth-order valence-electron chi connectivity index (χ4n) is 1.56. The van der Waals surface area contributed by atoms with E-state index in [1.807, 2.05) is 49.4 Å². The monoisotopic (exact) mass is 397 g/mol. The lowest BCUT2D eigenvalue weighted by Gasteiger charge is -2.09. The smallest absolute Gasteiger partial charge is 0.262 e. The van der Waals surface area contributed by atoms with Crippen molar-refractivity contribution in [2.24, 2.45) is 0 Å². The van der Waals surface area contributed by atoms with Crippen molar-refractivity contribution in [1.29, 1.82) is 0 Å². The van der Waals surface area contributed by atoms with Gasteiger partial charge < -0.3 is 10.1 Å². The van der Waals surface area contributed by atoms with Gasteiger partial charge in [0.2, 0.25) is 0 Å². The van der Waals surface area contributed by atoms with Gasteiger partial charge in [-0.25, -0.2) is 0 Å². The third-order valence-electron chi connectivity index (χ3n) is 2.60. The Labute approximate surface area is 134 Å². The van der Waals surface area contributed by atoms with Gasteiger partial charge in [0.05, 0.1) is 5.69 Å². The average Bonchev–Trinajstić information content (AvgIpc) is 2.41. The fraction of sp³-hybridized carbons (Fsp3) is 0.133. The van der Waals surface area contributed by atoms with Gasteiger partial charge in [0.1, 0.15) is 5.75 Å². The lowest BCUT2D eigenvalue weighted by molar-refractivity contribution is -0.118. The molecule has 20 heavy (non-hydrogen) atoms. The molecule has 0 aliphatic carbocycles. The number of carbonyl (C=O) groups excluding carboxylic acids is 1. The van der Waals surface area contributed by atoms with Gasteiger partial charge in [0.15, 0.2) is 6.61 Å². The molecule has 1 N–H and O–H groups in total. The van der Waals surface area contributed by atoms with Crippen LogP contribution >= 0.6 is 31.9 Å². The van der Waals surface area contributed by atoms with E-state index in [0.717, 1.165) is 14.5 Å². The summed E-state index contributed by atoms with van der Waals surface area (Å²) in [6.07, 6.45) is 0. The number of benzene rings is 2. The molecule has 0 radical (unpaired) electrons. The minimum absolute atomic E-state index is 0.0223. The normalized spacial score (nSPS) is 10.2. The van der Waals surface area contributed by atoms with Crippen LogP contribution in [0.3, 0.4) is 0 Å². The van der Waals surface area contributed by atoms with Crippen LogP contribution in [0.15, 0.2) is 51.4 Å². The Balaban J connectivity index is 1.90. The Morgan fingerprint density at radius 3 is 2.50 bits per heavy atom. The van der Waals surface area contributed by atoms with Gasteiger partial charge in [0.25, 0.3) is 5.91 Å². The average molecular weight is 399 g/mol. The van der Waals surface area contributed by atoms with E-state index < -0.39 is 0 Å². The molecule has 0 aliphatic heterocycles. The maximum atomic E-state index is 11.8. The number of halogens is 2. The van der Waals surface area contributed by atoms with Crippen LogP contribution in [0.4, 0.5) is 5.69 Å². The van der Waals surface area contributed by atoms with Crippen molar-refractivity contribution < 1.29 is 9.53 Å². The highest BCUT2D eigenvalue weighted by Gasteiger charge is 2.06. The number of hydrogen-bond donors (Lipinski definition) is 1. The molecule has 0 heterocycles. The van der Waals surface area contributed by atoms with Crippen LogP contribution in [0.2, 0.25) is 0 Å². The first-order chi connectivity index (χ1) is 9.54. The number of nitrogens with one attached hydrogen (secondary N) is 1. The summed E-state index contributed by atoms with van der Waals surface area (Å²) >= 11 is 6.76. The fourth-order valence-corrected chi connectivity index (χ4v) is 2.71. The highest BCUT2D eigenvalue weighted by molar-refractivity contribution is 9.11. The Morgan fingerprint density at radius 2 is 1.85 bits per heavy atom. The minimum Gasteiger partial charge on any atom is -0.484 e. The van der Waals surface area contributed by atoms with Crippen LogP contribution in [0.1, 0.15) is 5.56 Å². The number of amides is 1. The summed E-state index contributed by atoms with van der Waals surface area (Å²) in [7, 11) is 0. The molecule has 1 amide bonds. The zero-order valence-electron chi connectivity index (χ0n) is 10.8. The predicted octanol–water partition coefficient (Wildman–Crippen LogP) is 4.54. The van der Waals surface area contributed by atoms with Crippen molar-refractivity contribution in [3.63, 3.8) is 0 Å². The molecule has 2 rings (SSSR count). The van der Waals surface area contributed by atoms with Crippen molar-refractivity contribution in [2.75, 3.05) is 11.9 Å². The zero-order valence-corrected chi connectivity index (χ0v) is 14.0. The standard InChI is InChI=1S/C15H13Br2NO2/c1-10-2-5-12(6-3-10)20-9-15(19)18-14-7-4-11(16)8-13(14)17/h2-8H,9H2,1H3,(H,18,19). The van der Waals surface area contributed by atoms with Gasteiger partial charge >= 0.3 is 0 Å². The molecule has 2 aromatic carbocycles. The number of ether oxygens (including phenoxy) is 1. The minimum atomic E-state index is -0.200. The Bertz CT molecular complexity index is 612. The summed E-state index contributed by atoms with van der Waals surface area (Å²) in [5.41, 5.74) is 1.87. The van der Waals surface area contributed by atoms with Crippen molar-refractivity contribution in [2.45, 2.75) is 6.92 Å². The molecule has 0 fully saturated rings. The maximum Gasteiger partial charge on any atom is 0.262 e. The first-order valence-corrected chi connectivity index (χ1v) is 7.57. The molecular formula is C15H13Br2NO2. The molecule has 0 aromatic heterocycles. The highest BCUT2D eigenvalue weighted by atomic mass is 79.9.